The molecule has 1 aliphatic carbocycles. The van der Waals surface area contributed by atoms with Gasteiger partial charge in [0.15, 0.2) is 0 Å². The van der Waals surface area contributed by atoms with Crippen LogP contribution in [0.15, 0.2) is 0 Å². The van der Waals surface area contributed by atoms with Crippen molar-refractivity contribution in [3.05, 3.63) is 0 Å². The third kappa shape index (κ3) is 6.19. The molecule has 0 amide bonds. The molecule has 1 heteroatoms. The van der Waals surface area contributed by atoms with Gasteiger partial charge in [-0.3, -0.25) is 0 Å². The van der Waals surface area contributed by atoms with E-state index in [0.29, 0.717) is 6.10 Å². The van der Waals surface area contributed by atoms with Crippen LogP contribution >= 0.6 is 0 Å². The summed E-state index contributed by atoms with van der Waals surface area (Å²) in [5, 5.41) is 0. The van der Waals surface area contributed by atoms with Crippen LogP contribution in [0.4, 0.5) is 0 Å². The van der Waals surface area contributed by atoms with Gasteiger partial charge in [-0.2, -0.15) is 0 Å². The molecule has 1 unspecified atom stereocenters. The van der Waals surface area contributed by atoms with Crippen LogP contribution in [0, 0.1) is 5.92 Å². The predicted molar refractivity (Wildman–Crippen MR) is 66.1 cm³/mol. The molecule has 0 radical (unpaired) electrons. The molecule has 0 aliphatic heterocycles. The summed E-state index contributed by atoms with van der Waals surface area (Å²) in [7, 11) is 0. The molecule has 1 atom stereocenters. The molecular formula is C14H28O. The average Bonchev–Trinajstić information content (AvgIpc) is 2.39. The molecular weight excluding hydrogens is 184 g/mol. The Balaban J connectivity index is 2.18. The molecule has 0 aromatic carbocycles. The van der Waals surface area contributed by atoms with E-state index in [-0.39, 0.29) is 0 Å². The molecule has 90 valence electrons. The van der Waals surface area contributed by atoms with Crippen LogP contribution in [0.2, 0.25) is 0 Å². The van der Waals surface area contributed by atoms with Crippen molar-refractivity contribution in [3.8, 4) is 0 Å². The standard InChI is InChI=1S/C14H28O/c1-3-13(2)12-15-14-10-8-6-4-5-7-9-11-14/h13-14H,3-12H2,1-2H3. The van der Waals surface area contributed by atoms with Gasteiger partial charge in [-0.05, 0) is 18.8 Å². The highest BCUT2D eigenvalue weighted by atomic mass is 16.5. The monoisotopic (exact) mass is 212 g/mol. The van der Waals surface area contributed by atoms with Crippen molar-refractivity contribution < 1.29 is 4.74 Å². The second-order valence-corrected chi connectivity index (χ2v) is 5.17. The first kappa shape index (κ1) is 13.0. The topological polar surface area (TPSA) is 9.23 Å². The Labute approximate surface area is 95.6 Å². The summed E-state index contributed by atoms with van der Waals surface area (Å²) in [6.45, 7) is 5.51. The third-order valence-corrected chi connectivity index (χ3v) is 3.62. The Bertz CT molecular complexity index is 134. The molecule has 15 heavy (non-hydrogen) atoms. The quantitative estimate of drug-likeness (QED) is 0.664. The van der Waals surface area contributed by atoms with Gasteiger partial charge in [0.2, 0.25) is 0 Å². The molecule has 1 rings (SSSR count). The van der Waals surface area contributed by atoms with E-state index >= 15 is 0 Å². The highest BCUT2D eigenvalue weighted by Crippen LogP contribution is 2.19. The van der Waals surface area contributed by atoms with Crippen LogP contribution in [0.1, 0.15) is 71.6 Å². The normalized spacial score (nSPS) is 22.8. The fourth-order valence-electron chi connectivity index (χ4n) is 2.18. The molecule has 1 nitrogen and oxygen atoms in total. The molecule has 0 heterocycles. The van der Waals surface area contributed by atoms with Crippen molar-refractivity contribution in [1.29, 1.82) is 0 Å². The van der Waals surface area contributed by atoms with Crippen LogP contribution in [-0.2, 0) is 4.74 Å². The molecule has 0 N–H and O–H groups in total. The molecule has 1 aliphatic rings. The van der Waals surface area contributed by atoms with Crippen molar-refractivity contribution in [1.82, 2.24) is 0 Å². The second-order valence-electron chi connectivity index (χ2n) is 5.17. The highest BCUT2D eigenvalue weighted by molar-refractivity contribution is 4.63. The number of hydrogen-bond acceptors (Lipinski definition) is 1. The molecule has 1 saturated carbocycles. The van der Waals surface area contributed by atoms with Gasteiger partial charge in [0.1, 0.15) is 0 Å². The summed E-state index contributed by atoms with van der Waals surface area (Å²) in [5.74, 6) is 0.734. The summed E-state index contributed by atoms with van der Waals surface area (Å²) in [6, 6.07) is 0. The lowest BCUT2D eigenvalue weighted by molar-refractivity contribution is 0.0198. The van der Waals surface area contributed by atoms with Gasteiger partial charge in [0.05, 0.1) is 6.10 Å². The lowest BCUT2D eigenvalue weighted by Gasteiger charge is -2.19. The van der Waals surface area contributed by atoms with Crippen LogP contribution in [-0.4, -0.2) is 12.7 Å². The van der Waals surface area contributed by atoms with Crippen LogP contribution in [0.5, 0.6) is 0 Å². The van der Waals surface area contributed by atoms with Crippen molar-refractivity contribution in [2.45, 2.75) is 77.7 Å². The molecule has 0 aromatic heterocycles. The lowest BCUT2D eigenvalue weighted by atomic mass is 10.1. The van der Waals surface area contributed by atoms with Gasteiger partial charge >= 0.3 is 0 Å². The zero-order valence-corrected chi connectivity index (χ0v) is 10.6. The van der Waals surface area contributed by atoms with E-state index in [1.807, 2.05) is 0 Å². The van der Waals surface area contributed by atoms with Gasteiger partial charge in [-0.15, -0.1) is 0 Å². The molecule has 1 fully saturated rings. The maximum absolute atomic E-state index is 6.03. The largest absolute Gasteiger partial charge is 0.378 e. The van der Waals surface area contributed by atoms with Crippen molar-refractivity contribution in [3.63, 3.8) is 0 Å². The first-order valence-electron chi connectivity index (χ1n) is 6.94. The van der Waals surface area contributed by atoms with E-state index in [1.165, 1.54) is 57.8 Å². The highest BCUT2D eigenvalue weighted by Gasteiger charge is 2.11. The number of rotatable bonds is 4. The van der Waals surface area contributed by atoms with Crippen LogP contribution in [0.3, 0.4) is 0 Å². The van der Waals surface area contributed by atoms with Gasteiger partial charge in [-0.25, -0.2) is 0 Å². The smallest absolute Gasteiger partial charge is 0.0575 e. The minimum atomic E-state index is 0.567. The average molecular weight is 212 g/mol. The molecule has 0 aromatic rings. The van der Waals surface area contributed by atoms with Crippen molar-refractivity contribution in [2.75, 3.05) is 6.61 Å². The summed E-state index contributed by atoms with van der Waals surface area (Å²) in [6.07, 6.45) is 12.9. The van der Waals surface area contributed by atoms with Gasteiger partial charge in [0, 0.05) is 6.61 Å². The van der Waals surface area contributed by atoms with Crippen LogP contribution < -0.4 is 0 Å². The zero-order valence-electron chi connectivity index (χ0n) is 10.6. The van der Waals surface area contributed by atoms with Crippen LogP contribution in [0.25, 0.3) is 0 Å². The summed E-state index contributed by atoms with van der Waals surface area (Å²) >= 11 is 0. The zero-order chi connectivity index (χ0) is 10.9. The van der Waals surface area contributed by atoms with Gasteiger partial charge < -0.3 is 4.74 Å². The first-order valence-corrected chi connectivity index (χ1v) is 6.94. The Kier molecular flexibility index (Phi) is 7.08. The van der Waals surface area contributed by atoms with E-state index in [4.69, 9.17) is 4.74 Å². The minimum Gasteiger partial charge on any atom is -0.378 e. The maximum Gasteiger partial charge on any atom is 0.0575 e. The van der Waals surface area contributed by atoms with E-state index in [9.17, 15) is 0 Å². The minimum absolute atomic E-state index is 0.567. The fraction of sp³-hybridized carbons (Fsp3) is 1.00. The Morgan fingerprint density at radius 2 is 1.53 bits per heavy atom. The second kappa shape index (κ2) is 8.15. The van der Waals surface area contributed by atoms with E-state index in [2.05, 4.69) is 13.8 Å². The van der Waals surface area contributed by atoms with Crippen molar-refractivity contribution >= 4 is 0 Å². The first-order chi connectivity index (χ1) is 7.33. The predicted octanol–water partition coefficient (Wildman–Crippen LogP) is 4.55. The Morgan fingerprint density at radius 3 is 2.07 bits per heavy atom. The third-order valence-electron chi connectivity index (χ3n) is 3.62. The van der Waals surface area contributed by atoms with Crippen molar-refractivity contribution in [2.24, 2.45) is 5.92 Å². The maximum atomic E-state index is 6.03. The number of ether oxygens (including phenoxy) is 1. The molecule has 0 saturated heterocycles. The summed E-state index contributed by atoms with van der Waals surface area (Å²) < 4.78 is 6.03. The molecule has 0 bridgehead atoms. The lowest BCUT2D eigenvalue weighted by Crippen LogP contribution is -2.17. The van der Waals surface area contributed by atoms with Gasteiger partial charge in [-0.1, -0.05) is 58.8 Å². The van der Waals surface area contributed by atoms with E-state index in [1.54, 1.807) is 0 Å². The Hall–Kier alpha value is -0.0400. The van der Waals surface area contributed by atoms with Gasteiger partial charge in [0.25, 0.3) is 0 Å². The summed E-state index contributed by atoms with van der Waals surface area (Å²) in [4.78, 5) is 0. The summed E-state index contributed by atoms with van der Waals surface area (Å²) in [5.41, 5.74) is 0. The number of hydrogen-bond donors (Lipinski definition) is 0. The SMILES string of the molecule is CCC(C)COC1CCCCCCCC1. The Morgan fingerprint density at radius 1 is 1.00 bits per heavy atom. The van der Waals surface area contributed by atoms with E-state index in [0.717, 1.165) is 12.5 Å². The fourth-order valence-corrected chi connectivity index (χ4v) is 2.18. The molecule has 0 spiro atoms. The van der Waals surface area contributed by atoms with E-state index < -0.39 is 0 Å².